The first-order valence-corrected chi connectivity index (χ1v) is 7.24. The van der Waals surface area contributed by atoms with Gasteiger partial charge in [-0.15, -0.1) is 0 Å². The lowest BCUT2D eigenvalue weighted by Crippen LogP contribution is -2.14. The van der Waals surface area contributed by atoms with Crippen LogP contribution in [0.5, 0.6) is 0 Å². The molecule has 1 atom stereocenters. The minimum absolute atomic E-state index is 0.138. The highest BCUT2D eigenvalue weighted by Gasteiger charge is 2.24. The van der Waals surface area contributed by atoms with Crippen LogP contribution in [0.2, 0.25) is 0 Å². The van der Waals surface area contributed by atoms with Crippen LogP contribution < -0.4 is 0 Å². The van der Waals surface area contributed by atoms with Crippen molar-refractivity contribution < 1.29 is 33.3 Å². The molecule has 2 heterocycles. The molecule has 0 amide bonds. The third-order valence-electron chi connectivity index (χ3n) is 2.75. The molecule has 0 aromatic carbocycles. The normalized spacial score (nSPS) is 21.4. The van der Waals surface area contributed by atoms with Gasteiger partial charge in [-0.05, 0) is 19.8 Å². The summed E-state index contributed by atoms with van der Waals surface area (Å²) in [6.07, 6.45) is 1.94. The van der Waals surface area contributed by atoms with Gasteiger partial charge in [-0.2, -0.15) is 0 Å². The van der Waals surface area contributed by atoms with E-state index in [0.29, 0.717) is 32.0 Å². The van der Waals surface area contributed by atoms with E-state index in [1.807, 2.05) is 0 Å². The molecular weight excluding hydrogens is 292 g/mol. The minimum atomic E-state index is -0.337. The maximum Gasteiger partial charge on any atom is 0.333 e. The van der Waals surface area contributed by atoms with E-state index in [4.69, 9.17) is 18.9 Å². The molecule has 0 aliphatic carbocycles. The maximum absolute atomic E-state index is 10.8. The van der Waals surface area contributed by atoms with Crippen LogP contribution in [-0.4, -0.2) is 50.4 Å². The molecule has 1 unspecified atom stereocenters. The van der Waals surface area contributed by atoms with Gasteiger partial charge < -0.3 is 18.9 Å². The van der Waals surface area contributed by atoms with Crippen LogP contribution in [0, 0.1) is 0 Å². The van der Waals surface area contributed by atoms with E-state index in [1.54, 1.807) is 6.92 Å². The van der Waals surface area contributed by atoms with Crippen molar-refractivity contribution in [2.45, 2.75) is 38.7 Å². The number of esters is 3. The summed E-state index contributed by atoms with van der Waals surface area (Å²) >= 11 is 0. The van der Waals surface area contributed by atoms with Crippen molar-refractivity contribution in [3.8, 4) is 0 Å². The topological polar surface area (TPSA) is 91.4 Å². The molecule has 0 saturated carbocycles. The van der Waals surface area contributed by atoms with Crippen LogP contribution in [0.15, 0.2) is 12.2 Å². The summed E-state index contributed by atoms with van der Waals surface area (Å²) in [5.41, 5.74) is 0.431. The van der Waals surface area contributed by atoms with Crippen LogP contribution in [-0.2, 0) is 33.3 Å². The van der Waals surface area contributed by atoms with Gasteiger partial charge in [0, 0.05) is 5.57 Å². The van der Waals surface area contributed by atoms with E-state index < -0.39 is 0 Å². The van der Waals surface area contributed by atoms with Crippen molar-refractivity contribution in [3.63, 3.8) is 0 Å². The molecule has 0 bridgehead atoms. The predicted octanol–water partition coefficient (Wildman–Crippen LogP) is 1.15. The molecule has 0 N–H and O–H groups in total. The van der Waals surface area contributed by atoms with E-state index in [0.717, 1.165) is 12.8 Å². The van der Waals surface area contributed by atoms with Crippen molar-refractivity contribution in [3.05, 3.63) is 12.2 Å². The summed E-state index contributed by atoms with van der Waals surface area (Å²) < 4.78 is 19.2. The van der Waals surface area contributed by atoms with Gasteiger partial charge in [0.05, 0.1) is 32.7 Å². The Kier molecular flexibility index (Phi) is 8.21. The SMILES string of the molecule is C=C(C)C(=O)OCC1CO1.O=C1CCC(=O)OCCCCO1. The first-order chi connectivity index (χ1) is 10.5. The highest BCUT2D eigenvalue weighted by molar-refractivity contribution is 5.86. The highest BCUT2D eigenvalue weighted by Crippen LogP contribution is 2.09. The van der Waals surface area contributed by atoms with Gasteiger partial charge in [-0.3, -0.25) is 9.59 Å². The molecule has 0 aromatic rings. The molecule has 0 spiro atoms. The molecule has 7 heteroatoms. The van der Waals surface area contributed by atoms with Gasteiger partial charge in [-0.25, -0.2) is 4.79 Å². The van der Waals surface area contributed by atoms with Crippen molar-refractivity contribution in [1.82, 2.24) is 0 Å². The first kappa shape index (κ1) is 18.2. The van der Waals surface area contributed by atoms with Crippen LogP contribution in [0.4, 0.5) is 0 Å². The van der Waals surface area contributed by atoms with Crippen molar-refractivity contribution in [2.75, 3.05) is 26.4 Å². The monoisotopic (exact) mass is 314 g/mol. The maximum atomic E-state index is 10.8. The average molecular weight is 314 g/mol. The van der Waals surface area contributed by atoms with Crippen LogP contribution in [0.1, 0.15) is 32.6 Å². The lowest BCUT2D eigenvalue weighted by atomic mass is 10.3. The lowest BCUT2D eigenvalue weighted by molar-refractivity contribution is -0.152. The first-order valence-electron chi connectivity index (χ1n) is 7.24. The number of cyclic esters (lactones) is 2. The molecule has 22 heavy (non-hydrogen) atoms. The summed E-state index contributed by atoms with van der Waals surface area (Å²) in [5, 5.41) is 0. The molecule has 7 nitrogen and oxygen atoms in total. The summed E-state index contributed by atoms with van der Waals surface area (Å²) in [7, 11) is 0. The standard InChI is InChI=1S/C8H12O4.C7H10O3/c9-7-3-4-8(10)12-6-2-1-5-11-7;1-5(2)7(8)10-4-6-3-9-6/h1-6H2;6H,1,3-4H2,2H3. The Morgan fingerprint density at radius 2 is 1.68 bits per heavy atom. The number of rotatable bonds is 3. The van der Waals surface area contributed by atoms with Crippen molar-refractivity contribution >= 4 is 17.9 Å². The summed E-state index contributed by atoms with van der Waals surface area (Å²) in [6, 6.07) is 0. The molecule has 124 valence electrons. The van der Waals surface area contributed by atoms with Gasteiger partial charge in [0.25, 0.3) is 0 Å². The fraction of sp³-hybridized carbons (Fsp3) is 0.667. The Hall–Kier alpha value is -1.89. The molecule has 2 saturated heterocycles. The van der Waals surface area contributed by atoms with E-state index in [1.165, 1.54) is 0 Å². The average Bonchev–Trinajstić information content (AvgIpc) is 3.30. The number of hydrogen-bond donors (Lipinski definition) is 0. The molecule has 0 aromatic heterocycles. The fourth-order valence-electron chi connectivity index (χ4n) is 1.38. The van der Waals surface area contributed by atoms with Crippen LogP contribution in [0.3, 0.4) is 0 Å². The van der Waals surface area contributed by atoms with Crippen molar-refractivity contribution in [2.24, 2.45) is 0 Å². The molecule has 2 aliphatic rings. The lowest BCUT2D eigenvalue weighted by Gasteiger charge is -2.08. The quantitative estimate of drug-likeness (QED) is 0.334. The van der Waals surface area contributed by atoms with Crippen LogP contribution >= 0.6 is 0 Å². The molecule has 2 rings (SSSR count). The van der Waals surface area contributed by atoms with Gasteiger partial charge >= 0.3 is 17.9 Å². The summed E-state index contributed by atoms with van der Waals surface area (Å²) in [5.74, 6) is -0.960. The zero-order chi connectivity index (χ0) is 16.4. The van der Waals surface area contributed by atoms with Crippen molar-refractivity contribution in [1.29, 1.82) is 0 Å². The Labute approximate surface area is 129 Å². The third kappa shape index (κ3) is 9.12. The zero-order valence-corrected chi connectivity index (χ0v) is 12.8. The molecular formula is C15H22O7. The fourth-order valence-corrected chi connectivity index (χ4v) is 1.38. The zero-order valence-electron chi connectivity index (χ0n) is 12.8. The van der Waals surface area contributed by atoms with Crippen LogP contribution in [0.25, 0.3) is 0 Å². The number of ether oxygens (including phenoxy) is 4. The third-order valence-corrected chi connectivity index (χ3v) is 2.75. The molecule has 2 fully saturated rings. The van der Waals surface area contributed by atoms with Gasteiger partial charge in [-0.1, -0.05) is 6.58 Å². The molecule has 2 aliphatic heterocycles. The Morgan fingerprint density at radius 3 is 2.09 bits per heavy atom. The van der Waals surface area contributed by atoms with E-state index in [2.05, 4.69) is 6.58 Å². The predicted molar refractivity (Wildman–Crippen MR) is 75.9 cm³/mol. The number of hydrogen-bond acceptors (Lipinski definition) is 7. The second kappa shape index (κ2) is 9.94. The van der Waals surface area contributed by atoms with E-state index >= 15 is 0 Å². The van der Waals surface area contributed by atoms with E-state index in [-0.39, 0.29) is 36.9 Å². The van der Waals surface area contributed by atoms with E-state index in [9.17, 15) is 14.4 Å². The number of epoxide rings is 1. The summed E-state index contributed by atoms with van der Waals surface area (Å²) in [4.78, 5) is 32.3. The Bertz CT molecular complexity index is 392. The van der Waals surface area contributed by atoms with Gasteiger partial charge in [0.15, 0.2) is 0 Å². The number of carbonyl (C=O) groups is 3. The smallest absolute Gasteiger partial charge is 0.333 e. The molecule has 0 radical (unpaired) electrons. The van der Waals surface area contributed by atoms with Gasteiger partial charge in [0.2, 0.25) is 0 Å². The number of carbonyl (C=O) groups excluding carboxylic acids is 3. The Balaban J connectivity index is 0.000000224. The summed E-state index contributed by atoms with van der Waals surface area (Å²) in [6.45, 7) is 7.02. The van der Waals surface area contributed by atoms with Gasteiger partial charge in [0.1, 0.15) is 12.7 Å². The Morgan fingerprint density at radius 1 is 1.18 bits per heavy atom. The highest BCUT2D eigenvalue weighted by atomic mass is 16.6. The second-order valence-corrected chi connectivity index (χ2v) is 4.98. The minimum Gasteiger partial charge on any atom is -0.466 e. The second-order valence-electron chi connectivity index (χ2n) is 4.98. The largest absolute Gasteiger partial charge is 0.466 e.